The van der Waals surface area contributed by atoms with Crippen LogP contribution in [-0.2, 0) is 54.3 Å². The average Bonchev–Trinajstić information content (AvgIpc) is 3.31. The highest BCUT2D eigenvalue weighted by atomic mass is 32.2. The molecule has 71 heavy (non-hydrogen) atoms. The van der Waals surface area contributed by atoms with Gasteiger partial charge in [0.15, 0.2) is 0 Å². The number of carbonyl (C=O) groups is 9. The average molecular weight is 1020 g/mol. The summed E-state index contributed by atoms with van der Waals surface area (Å²) in [6, 6.07) is 0.310. The van der Waals surface area contributed by atoms with Crippen LogP contribution >= 0.6 is 11.8 Å². The maximum atomic E-state index is 13.9. The molecule has 1 heterocycles. The van der Waals surface area contributed by atoms with Crippen molar-refractivity contribution < 1.29 is 58.1 Å². The fourth-order valence-corrected chi connectivity index (χ4v) is 8.66. The van der Waals surface area contributed by atoms with Crippen molar-refractivity contribution in [3.8, 4) is 0 Å². The van der Waals surface area contributed by atoms with E-state index >= 15 is 0 Å². The maximum absolute atomic E-state index is 13.9. The van der Waals surface area contributed by atoms with Crippen LogP contribution in [0, 0.1) is 23.7 Å². The molecule has 0 saturated carbocycles. The van der Waals surface area contributed by atoms with Crippen molar-refractivity contribution in [2.24, 2.45) is 23.7 Å². The smallest absolute Gasteiger partial charge is 0.327 e. The van der Waals surface area contributed by atoms with Crippen LogP contribution in [0.25, 0.3) is 0 Å². The number of nitrogens with zero attached hydrogens (tertiary/aromatic N) is 1. The minimum absolute atomic E-state index is 0.0453. The van der Waals surface area contributed by atoms with E-state index in [1.807, 2.05) is 57.2 Å². The number of ether oxygens (including phenoxy) is 1. The number of amides is 7. The molecule has 20 nitrogen and oxygen atoms in total. The van der Waals surface area contributed by atoms with E-state index in [0.717, 1.165) is 16.0 Å². The summed E-state index contributed by atoms with van der Waals surface area (Å²) in [6.45, 7) is 16.0. The second-order valence-corrected chi connectivity index (χ2v) is 19.7. The number of hydrogen-bond donors (Lipinski definition) is 9. The molecule has 0 aromatic heterocycles. The zero-order valence-electron chi connectivity index (χ0n) is 43.0. The second kappa shape index (κ2) is 30.8. The number of benzene rings is 1. The van der Waals surface area contributed by atoms with Crippen LogP contribution in [-0.4, -0.2) is 156 Å². The molecule has 396 valence electrons. The molecule has 0 bridgehead atoms. The molecule has 7 amide bonds. The van der Waals surface area contributed by atoms with Gasteiger partial charge in [-0.05, 0) is 58.1 Å². The number of allylic oxidation sites excluding steroid dienone is 2. The van der Waals surface area contributed by atoms with Gasteiger partial charge in [0.25, 0.3) is 0 Å². The summed E-state index contributed by atoms with van der Waals surface area (Å²) in [6.07, 6.45) is 4.93. The second-order valence-electron chi connectivity index (χ2n) is 18.6. The van der Waals surface area contributed by atoms with Crippen LogP contribution < -0.4 is 37.2 Å². The molecule has 1 saturated heterocycles. The Bertz CT molecular complexity index is 2040. The highest BCUT2D eigenvalue weighted by Gasteiger charge is 2.37. The highest BCUT2D eigenvalue weighted by Crippen LogP contribution is 2.19. The lowest BCUT2D eigenvalue weighted by molar-refractivity contribution is -0.146. The minimum atomic E-state index is -1.82. The Labute approximate surface area is 422 Å². The first kappa shape index (κ1) is 61.3. The highest BCUT2D eigenvalue weighted by molar-refractivity contribution is 7.99. The van der Waals surface area contributed by atoms with Gasteiger partial charge in [-0.1, -0.05) is 95.7 Å². The first-order chi connectivity index (χ1) is 33.4. The molecule has 1 aliphatic heterocycles. The number of rotatable bonds is 17. The van der Waals surface area contributed by atoms with Gasteiger partial charge in [-0.2, -0.15) is 11.8 Å². The van der Waals surface area contributed by atoms with E-state index in [4.69, 9.17) is 4.74 Å². The normalized spacial score (nSPS) is 26.5. The lowest BCUT2D eigenvalue weighted by atomic mass is 9.94. The Hall–Kier alpha value is -5.80. The third-order valence-corrected chi connectivity index (χ3v) is 13.3. The van der Waals surface area contributed by atoms with Crippen molar-refractivity contribution in [1.82, 2.24) is 42.1 Å². The minimum Gasteiger partial charge on any atom is -0.480 e. The summed E-state index contributed by atoms with van der Waals surface area (Å²) in [7, 11) is 3.00. The molecule has 0 aliphatic carbocycles. The molecular weight excluding hydrogens is 937 g/mol. The van der Waals surface area contributed by atoms with Crippen LogP contribution in [0.15, 0.2) is 54.1 Å². The molecule has 1 aliphatic rings. The summed E-state index contributed by atoms with van der Waals surface area (Å²) >= 11 is 1.36. The quantitative estimate of drug-likeness (QED) is 0.0795. The van der Waals surface area contributed by atoms with Gasteiger partial charge in [0.1, 0.15) is 36.3 Å². The van der Waals surface area contributed by atoms with Crippen molar-refractivity contribution in [3.63, 3.8) is 0 Å². The Morgan fingerprint density at radius 2 is 1.42 bits per heavy atom. The number of carboxylic acid groups (broad SMARTS) is 2. The summed E-state index contributed by atoms with van der Waals surface area (Å²) < 4.78 is 5.81. The van der Waals surface area contributed by atoms with E-state index in [-0.39, 0.29) is 36.5 Å². The van der Waals surface area contributed by atoms with Crippen molar-refractivity contribution in [1.29, 1.82) is 0 Å². The van der Waals surface area contributed by atoms with E-state index in [9.17, 15) is 53.4 Å². The molecule has 11 atom stereocenters. The van der Waals surface area contributed by atoms with Gasteiger partial charge < -0.3 is 57.1 Å². The molecule has 0 radical (unpaired) electrons. The number of thioether (sulfide) groups is 1. The van der Waals surface area contributed by atoms with E-state index in [1.165, 1.54) is 46.5 Å². The number of aliphatic carboxylic acids is 2. The Kier molecular flexibility index (Phi) is 26.6. The zero-order valence-corrected chi connectivity index (χ0v) is 43.9. The van der Waals surface area contributed by atoms with Crippen LogP contribution in [0.3, 0.4) is 0 Å². The summed E-state index contributed by atoms with van der Waals surface area (Å²) in [5.74, 6) is -10.8. The van der Waals surface area contributed by atoms with Gasteiger partial charge >= 0.3 is 11.9 Å². The number of methoxy groups -OCH3 is 1. The number of hydrogen-bond acceptors (Lipinski definition) is 12. The maximum Gasteiger partial charge on any atom is 0.327 e. The summed E-state index contributed by atoms with van der Waals surface area (Å²) in [4.78, 5) is 123. The Morgan fingerprint density at radius 3 is 2.00 bits per heavy atom. The van der Waals surface area contributed by atoms with E-state index in [1.54, 1.807) is 33.1 Å². The molecule has 0 spiro atoms. The molecule has 2 rings (SSSR count). The van der Waals surface area contributed by atoms with Crippen LogP contribution in [0.5, 0.6) is 0 Å². The topological polar surface area (TPSA) is 291 Å². The van der Waals surface area contributed by atoms with E-state index < -0.39 is 114 Å². The number of nitrogens with one attached hydrogen (secondary N) is 7. The lowest BCUT2D eigenvalue weighted by Crippen LogP contribution is -2.59. The van der Waals surface area contributed by atoms with Crippen LogP contribution in [0.2, 0.25) is 0 Å². The van der Waals surface area contributed by atoms with Crippen molar-refractivity contribution in [2.45, 2.75) is 136 Å². The molecule has 1 aromatic rings. The van der Waals surface area contributed by atoms with Crippen molar-refractivity contribution in [2.75, 3.05) is 38.8 Å². The van der Waals surface area contributed by atoms with Crippen molar-refractivity contribution >= 4 is 65.1 Å². The lowest BCUT2D eigenvalue weighted by Gasteiger charge is -2.29. The molecular formula is C50H78N8O12S. The largest absolute Gasteiger partial charge is 0.480 e. The van der Waals surface area contributed by atoms with E-state index in [2.05, 4.69) is 37.2 Å². The van der Waals surface area contributed by atoms with Gasteiger partial charge in [-0.15, -0.1) is 0 Å². The van der Waals surface area contributed by atoms with Gasteiger partial charge in [0.2, 0.25) is 41.4 Å². The van der Waals surface area contributed by atoms with Gasteiger partial charge in [0.05, 0.1) is 24.0 Å². The van der Waals surface area contributed by atoms with Gasteiger partial charge in [-0.25, -0.2) is 9.59 Å². The van der Waals surface area contributed by atoms with E-state index in [0.29, 0.717) is 25.3 Å². The summed E-state index contributed by atoms with van der Waals surface area (Å²) in [5.41, 5.74) is 1.83. The fraction of sp³-hybridized carbons (Fsp3) is 0.620. The number of carboxylic acids is 2. The monoisotopic (exact) mass is 1010 g/mol. The van der Waals surface area contributed by atoms with Gasteiger partial charge in [0, 0.05) is 44.5 Å². The first-order valence-electron chi connectivity index (χ1n) is 24.2. The molecule has 2 unspecified atom stereocenters. The number of likely N-dealkylation sites (N-methyl/N-ethyl adjacent to an activating group) is 1. The standard InChI is InChI=1S/C50H78N8O12S/c1-12-51-22-23-71-27-39-48(65)53-34(9)46(63)56-38(24-28(2)3)47(64)57-42(50(68)69)32(7)44(61)52-33(8)45(62)54-36(31(6)43(60)55-37(49(66)67)20-21-41(59)58(39)10)19-18-29(4)25-30(5)40(70-11)26-35-16-14-13-15-17-35/h13-19,25,28,30-34,36-40,42,51H,12,20-24,26-27H2,1-11H3,(H,52,61)(H,53,65)(H,54,62)(H,55,60)(H,56,63)(H,57,64)(H,66,67)(H,68,69)/b19-18+,29-25+/t30-,31-,32-,33-,34+,36?,37+,38-,39?,40-,42+/m0/s1. The SMILES string of the molecule is CCNCCSCC1C(=O)N[C@H](C)C(=O)N[C@@H](CC(C)C)C(=O)N[C@@H](C(=O)O)[C@H](C)C(=O)N[C@@H](C)C(=O)NC(/C=C/C(C)=C/[C@H](C)[C@H](Cc2ccccc2)OC)[C@H](C)C(=O)N[C@@H](C(=O)O)CCC(=O)N1C. The molecule has 1 fully saturated rings. The van der Waals surface area contributed by atoms with Crippen LogP contribution in [0.1, 0.15) is 87.1 Å². The number of carbonyl (C=O) groups excluding carboxylic acids is 7. The zero-order chi connectivity index (χ0) is 53.5. The van der Waals surface area contributed by atoms with Gasteiger partial charge in [-0.3, -0.25) is 33.6 Å². The van der Waals surface area contributed by atoms with Crippen molar-refractivity contribution in [3.05, 3.63) is 59.7 Å². The fourth-order valence-electron chi connectivity index (χ4n) is 7.60. The third kappa shape index (κ3) is 20.8. The first-order valence-corrected chi connectivity index (χ1v) is 25.3. The van der Waals surface area contributed by atoms with Crippen LogP contribution in [0.4, 0.5) is 0 Å². The Morgan fingerprint density at radius 1 is 0.817 bits per heavy atom. The predicted molar refractivity (Wildman–Crippen MR) is 271 cm³/mol. The predicted octanol–water partition coefficient (Wildman–Crippen LogP) is 1.78. The Balaban J connectivity index is 2.64. The molecule has 1 aromatic carbocycles. The summed E-state index contributed by atoms with van der Waals surface area (Å²) in [5, 5.41) is 38.9. The molecule has 9 N–H and O–H groups in total. The third-order valence-electron chi connectivity index (χ3n) is 12.2. The molecule has 21 heteroatoms.